The van der Waals surface area contributed by atoms with Crippen molar-refractivity contribution in [1.29, 1.82) is 0 Å². The van der Waals surface area contributed by atoms with Gasteiger partial charge in [0.1, 0.15) is 12.6 Å². The van der Waals surface area contributed by atoms with Crippen LogP contribution in [-0.2, 0) is 27.4 Å². The molecule has 0 aromatic heterocycles. The van der Waals surface area contributed by atoms with Gasteiger partial charge in [-0.1, -0.05) is 74.5 Å². The van der Waals surface area contributed by atoms with Crippen LogP contribution in [0.5, 0.6) is 0 Å². The Bertz CT molecular complexity index is 668. The number of hydrogen-bond acceptors (Lipinski definition) is 3. The van der Waals surface area contributed by atoms with Crippen LogP contribution in [0.1, 0.15) is 31.4 Å². The lowest BCUT2D eigenvalue weighted by atomic mass is 10.0. The van der Waals surface area contributed by atoms with E-state index in [1.807, 2.05) is 74.5 Å². The summed E-state index contributed by atoms with van der Waals surface area (Å²) < 4.78 is 5.39. The highest BCUT2D eigenvalue weighted by Gasteiger charge is 2.23. The summed E-state index contributed by atoms with van der Waals surface area (Å²) in [6.45, 7) is 4.24. The minimum absolute atomic E-state index is 0.173. The average molecular weight is 339 g/mol. The molecule has 1 N–H and O–H groups in total. The van der Waals surface area contributed by atoms with E-state index < -0.39 is 6.04 Å². The van der Waals surface area contributed by atoms with Gasteiger partial charge in [-0.2, -0.15) is 0 Å². The Hall–Kier alpha value is -2.62. The lowest BCUT2D eigenvalue weighted by Gasteiger charge is -2.19. The summed E-state index contributed by atoms with van der Waals surface area (Å²) in [5.41, 5.74) is 1.84. The molecule has 2 aromatic carbocycles. The highest BCUT2D eigenvalue weighted by atomic mass is 16.5. The molecule has 1 amide bonds. The molecule has 0 saturated carbocycles. The Balaban J connectivity index is 1.92. The summed E-state index contributed by atoms with van der Waals surface area (Å²) in [6.07, 6.45) is 0.801. The Morgan fingerprint density at radius 1 is 0.920 bits per heavy atom. The second-order valence-corrected chi connectivity index (χ2v) is 6.51. The van der Waals surface area contributed by atoms with Crippen LogP contribution in [0.4, 0.5) is 0 Å². The standard InChI is InChI=1S/C21H25NO3/c1-16(2)13-19(21(24)25-15-18-11-7-4-8-12-18)22-20(23)14-17-9-5-3-6-10-17/h3-12,16,19H,13-15H2,1-2H3,(H,22,23)/t19-/m0/s1. The maximum Gasteiger partial charge on any atom is 0.328 e. The molecule has 1 atom stereocenters. The molecule has 0 aliphatic heterocycles. The number of nitrogens with one attached hydrogen (secondary N) is 1. The number of carbonyl (C=O) groups excluding carboxylic acids is 2. The number of amides is 1. The molecule has 0 aliphatic rings. The molecule has 0 unspecified atom stereocenters. The third-order valence-electron chi connectivity index (χ3n) is 3.76. The van der Waals surface area contributed by atoms with Crippen molar-refractivity contribution in [1.82, 2.24) is 5.32 Å². The fourth-order valence-corrected chi connectivity index (χ4v) is 2.54. The van der Waals surface area contributed by atoms with E-state index >= 15 is 0 Å². The Morgan fingerprint density at radius 2 is 1.48 bits per heavy atom. The van der Waals surface area contributed by atoms with Crippen LogP contribution in [0, 0.1) is 5.92 Å². The first kappa shape index (κ1) is 18.7. The van der Waals surface area contributed by atoms with E-state index in [1.54, 1.807) is 0 Å². The summed E-state index contributed by atoms with van der Waals surface area (Å²) in [7, 11) is 0. The summed E-state index contributed by atoms with van der Waals surface area (Å²) in [6, 6.07) is 18.4. The third-order valence-corrected chi connectivity index (χ3v) is 3.76. The first-order chi connectivity index (χ1) is 12.0. The van der Waals surface area contributed by atoms with E-state index in [2.05, 4.69) is 5.32 Å². The van der Waals surface area contributed by atoms with Gasteiger partial charge in [-0.05, 0) is 23.5 Å². The number of hydrogen-bond donors (Lipinski definition) is 1. The van der Waals surface area contributed by atoms with Gasteiger partial charge >= 0.3 is 5.97 Å². The highest BCUT2D eigenvalue weighted by molar-refractivity contribution is 5.85. The molecule has 0 radical (unpaired) electrons. The first-order valence-corrected chi connectivity index (χ1v) is 8.58. The van der Waals surface area contributed by atoms with Crippen molar-refractivity contribution in [3.8, 4) is 0 Å². The summed E-state index contributed by atoms with van der Waals surface area (Å²) >= 11 is 0. The molecule has 4 nitrogen and oxygen atoms in total. The maximum atomic E-state index is 12.4. The molecule has 0 aliphatic carbocycles. The Morgan fingerprint density at radius 3 is 2.04 bits per heavy atom. The first-order valence-electron chi connectivity index (χ1n) is 8.58. The van der Waals surface area contributed by atoms with Gasteiger partial charge in [0.15, 0.2) is 0 Å². The predicted octanol–water partition coefficient (Wildman–Crippen LogP) is 3.50. The number of rotatable bonds is 8. The zero-order valence-electron chi connectivity index (χ0n) is 14.8. The zero-order valence-corrected chi connectivity index (χ0v) is 14.8. The van der Waals surface area contributed by atoms with Crippen molar-refractivity contribution in [2.75, 3.05) is 0 Å². The van der Waals surface area contributed by atoms with Gasteiger partial charge in [0.2, 0.25) is 5.91 Å². The van der Waals surface area contributed by atoms with Crippen LogP contribution in [0.15, 0.2) is 60.7 Å². The van der Waals surface area contributed by atoms with Crippen molar-refractivity contribution < 1.29 is 14.3 Å². The topological polar surface area (TPSA) is 55.4 Å². The van der Waals surface area contributed by atoms with Crippen molar-refractivity contribution in [2.45, 2.75) is 39.3 Å². The van der Waals surface area contributed by atoms with Gasteiger partial charge in [0.05, 0.1) is 6.42 Å². The largest absolute Gasteiger partial charge is 0.459 e. The molecule has 2 rings (SSSR count). The van der Waals surface area contributed by atoms with Crippen molar-refractivity contribution >= 4 is 11.9 Å². The summed E-state index contributed by atoms with van der Waals surface area (Å²) in [5.74, 6) is -0.293. The second-order valence-electron chi connectivity index (χ2n) is 6.51. The zero-order chi connectivity index (χ0) is 18.1. The molecule has 2 aromatic rings. The average Bonchev–Trinajstić information content (AvgIpc) is 2.60. The van der Waals surface area contributed by atoms with Gasteiger partial charge in [0, 0.05) is 0 Å². The normalized spacial score (nSPS) is 11.8. The summed E-state index contributed by atoms with van der Waals surface area (Å²) in [5, 5.41) is 2.82. The molecule has 0 fully saturated rings. The van der Waals surface area contributed by atoms with Crippen LogP contribution in [-0.4, -0.2) is 17.9 Å². The number of esters is 1. The van der Waals surface area contributed by atoms with Crippen LogP contribution in [0.25, 0.3) is 0 Å². The highest BCUT2D eigenvalue weighted by Crippen LogP contribution is 2.09. The molecule has 0 saturated heterocycles. The molecular formula is C21H25NO3. The minimum Gasteiger partial charge on any atom is -0.459 e. The quantitative estimate of drug-likeness (QED) is 0.749. The molecule has 4 heteroatoms. The number of benzene rings is 2. The monoisotopic (exact) mass is 339 g/mol. The fraction of sp³-hybridized carbons (Fsp3) is 0.333. The Kier molecular flexibility index (Phi) is 7.20. The molecule has 0 bridgehead atoms. The fourth-order valence-electron chi connectivity index (χ4n) is 2.54. The van der Waals surface area contributed by atoms with E-state index in [0.29, 0.717) is 6.42 Å². The SMILES string of the molecule is CC(C)C[C@H](NC(=O)Cc1ccccc1)C(=O)OCc1ccccc1. The molecule has 0 spiro atoms. The van der Waals surface area contributed by atoms with E-state index in [1.165, 1.54) is 0 Å². The van der Waals surface area contributed by atoms with Crippen LogP contribution in [0.3, 0.4) is 0 Å². The summed E-state index contributed by atoms with van der Waals surface area (Å²) in [4.78, 5) is 24.7. The maximum absolute atomic E-state index is 12.4. The minimum atomic E-state index is -0.625. The lowest BCUT2D eigenvalue weighted by molar-refractivity contribution is -0.149. The third kappa shape index (κ3) is 6.79. The lowest BCUT2D eigenvalue weighted by Crippen LogP contribution is -2.43. The van der Waals surface area contributed by atoms with Crippen molar-refractivity contribution in [3.05, 3.63) is 71.8 Å². The van der Waals surface area contributed by atoms with Crippen LogP contribution in [0.2, 0.25) is 0 Å². The molecule has 132 valence electrons. The van der Waals surface area contributed by atoms with Gasteiger partial charge in [0.25, 0.3) is 0 Å². The van der Waals surface area contributed by atoms with E-state index in [-0.39, 0.29) is 30.8 Å². The van der Waals surface area contributed by atoms with E-state index in [0.717, 1.165) is 11.1 Å². The van der Waals surface area contributed by atoms with Crippen LogP contribution >= 0.6 is 0 Å². The van der Waals surface area contributed by atoms with Crippen molar-refractivity contribution in [3.63, 3.8) is 0 Å². The van der Waals surface area contributed by atoms with Gasteiger partial charge in [-0.15, -0.1) is 0 Å². The second kappa shape index (κ2) is 9.62. The number of ether oxygens (including phenoxy) is 1. The smallest absolute Gasteiger partial charge is 0.328 e. The van der Waals surface area contributed by atoms with E-state index in [9.17, 15) is 9.59 Å². The van der Waals surface area contributed by atoms with Crippen LogP contribution < -0.4 is 5.32 Å². The van der Waals surface area contributed by atoms with Gasteiger partial charge in [-0.3, -0.25) is 4.79 Å². The molecule has 25 heavy (non-hydrogen) atoms. The Labute approximate surface area is 149 Å². The van der Waals surface area contributed by atoms with Crippen molar-refractivity contribution in [2.24, 2.45) is 5.92 Å². The van der Waals surface area contributed by atoms with E-state index in [4.69, 9.17) is 4.74 Å². The van der Waals surface area contributed by atoms with Gasteiger partial charge < -0.3 is 10.1 Å². The molecular weight excluding hydrogens is 314 g/mol. The predicted molar refractivity (Wildman–Crippen MR) is 97.8 cm³/mol. The number of carbonyl (C=O) groups is 2. The van der Waals surface area contributed by atoms with Gasteiger partial charge in [-0.25, -0.2) is 4.79 Å². The molecule has 0 heterocycles.